The molecule has 0 atom stereocenters. The fraction of sp³-hybridized carbons (Fsp3) is 0.107. The van der Waals surface area contributed by atoms with Gasteiger partial charge in [0.25, 0.3) is 5.91 Å². The summed E-state index contributed by atoms with van der Waals surface area (Å²) in [4.78, 5) is 25.7. The van der Waals surface area contributed by atoms with Gasteiger partial charge in [-0.1, -0.05) is 0 Å². The van der Waals surface area contributed by atoms with Crippen molar-refractivity contribution in [3.05, 3.63) is 114 Å². The van der Waals surface area contributed by atoms with Crippen LogP contribution in [0.1, 0.15) is 13.8 Å². The summed E-state index contributed by atoms with van der Waals surface area (Å²) in [7, 11) is 0. The summed E-state index contributed by atoms with van der Waals surface area (Å²) in [5.41, 5.74) is 1.89. The van der Waals surface area contributed by atoms with E-state index in [-0.39, 0.29) is 11.4 Å². The Bertz CT molecular complexity index is 1340. The number of allylic oxidation sites excluding steroid dienone is 4. The Morgan fingerprint density at radius 3 is 2.61 bits per heavy atom. The molecule has 2 aromatic rings. The van der Waals surface area contributed by atoms with E-state index in [0.29, 0.717) is 41.4 Å². The first-order valence-electron chi connectivity index (χ1n) is 11.6. The molecule has 2 aromatic carbocycles. The molecule has 3 rings (SSSR count). The maximum absolute atomic E-state index is 14.8. The van der Waals surface area contributed by atoms with Crippen molar-refractivity contribution in [3.63, 3.8) is 0 Å². The van der Waals surface area contributed by atoms with Gasteiger partial charge in [0, 0.05) is 53.9 Å². The van der Waals surface area contributed by atoms with Crippen LogP contribution in [0.5, 0.6) is 5.75 Å². The molecule has 0 saturated carbocycles. The average molecular weight is 520 g/mol. The number of rotatable bonds is 11. The third-order valence-electron chi connectivity index (χ3n) is 5.26. The number of ether oxygens (including phenoxy) is 1. The number of amides is 2. The van der Waals surface area contributed by atoms with Crippen LogP contribution in [-0.4, -0.2) is 25.1 Å². The van der Waals surface area contributed by atoms with Crippen LogP contribution in [-0.2, 0) is 9.59 Å². The molecule has 0 saturated heterocycles. The molecule has 0 aromatic heterocycles. The number of nitrogens with one attached hydrogen (secondary N) is 4. The smallest absolute Gasteiger partial charge is 0.253 e. The van der Waals surface area contributed by atoms with Gasteiger partial charge in [0.1, 0.15) is 5.82 Å². The van der Waals surface area contributed by atoms with Crippen LogP contribution in [0.25, 0.3) is 0 Å². The average Bonchev–Trinajstić information content (AvgIpc) is 2.91. The largest absolute Gasteiger partial charge is 0.452 e. The quantitative estimate of drug-likeness (QED) is 0.147. The van der Waals surface area contributed by atoms with Gasteiger partial charge in [0.2, 0.25) is 6.41 Å². The van der Waals surface area contributed by atoms with Crippen molar-refractivity contribution in [2.24, 2.45) is 0 Å². The van der Waals surface area contributed by atoms with Crippen LogP contribution < -0.4 is 25.6 Å². The van der Waals surface area contributed by atoms with Crippen molar-refractivity contribution in [2.45, 2.75) is 13.8 Å². The van der Waals surface area contributed by atoms with Gasteiger partial charge in [0.15, 0.2) is 17.3 Å². The monoisotopic (exact) mass is 519 g/mol. The Kier molecular flexibility index (Phi) is 9.70. The molecule has 38 heavy (non-hydrogen) atoms. The topological polar surface area (TPSA) is 107 Å². The van der Waals surface area contributed by atoms with Gasteiger partial charge in [-0.3, -0.25) is 14.5 Å². The van der Waals surface area contributed by atoms with Crippen molar-refractivity contribution in [1.29, 1.82) is 5.41 Å². The van der Waals surface area contributed by atoms with E-state index in [0.717, 1.165) is 12.3 Å². The molecule has 0 unspecified atom stereocenters. The van der Waals surface area contributed by atoms with Crippen LogP contribution >= 0.6 is 0 Å². The first kappa shape index (κ1) is 27.6. The second kappa shape index (κ2) is 13.4. The molecular formula is C28H27F2N5O3. The SMILES string of the molecule is CCNC(/C=C\N(C=O)c1ccc(F)cc1)=C(/C)C(=O)Nc1ccc(OC2=CC=CN/C2=C\C=N)c(F)c1. The van der Waals surface area contributed by atoms with Gasteiger partial charge >= 0.3 is 0 Å². The summed E-state index contributed by atoms with van der Waals surface area (Å²) in [6, 6.07) is 9.41. The van der Waals surface area contributed by atoms with E-state index in [1.807, 2.05) is 6.92 Å². The number of benzene rings is 2. The molecule has 10 heteroatoms. The fourth-order valence-electron chi connectivity index (χ4n) is 3.32. The standard InChI is InChI=1S/C28H27F2N5O3/c1-3-32-24(13-16-35(18-36)22-9-6-20(29)7-10-22)19(2)28(37)34-21-8-11-26(23(30)17-21)38-27-5-4-15-33-25(27)12-14-31/h4-18,31-33H,3H2,1-2H3,(H,34,37)/b16-13-,24-19-,25-12-,31-14?. The predicted molar refractivity (Wildman–Crippen MR) is 143 cm³/mol. The van der Waals surface area contributed by atoms with Crippen LogP contribution in [0, 0.1) is 17.0 Å². The number of carbonyl (C=O) groups is 2. The molecule has 2 amide bonds. The summed E-state index contributed by atoms with van der Waals surface area (Å²) >= 11 is 0. The molecule has 196 valence electrons. The molecule has 0 bridgehead atoms. The minimum Gasteiger partial charge on any atom is -0.452 e. The highest BCUT2D eigenvalue weighted by molar-refractivity contribution is 6.04. The van der Waals surface area contributed by atoms with Gasteiger partial charge in [0.05, 0.1) is 5.70 Å². The lowest BCUT2D eigenvalue weighted by Gasteiger charge is -2.17. The van der Waals surface area contributed by atoms with Gasteiger partial charge < -0.3 is 26.1 Å². The summed E-state index contributed by atoms with van der Waals surface area (Å²) in [6.45, 7) is 3.93. The van der Waals surface area contributed by atoms with Crippen LogP contribution in [0.3, 0.4) is 0 Å². The molecule has 8 nitrogen and oxygen atoms in total. The Morgan fingerprint density at radius 1 is 1.18 bits per heavy atom. The summed E-state index contributed by atoms with van der Waals surface area (Å²) < 4.78 is 33.6. The highest BCUT2D eigenvalue weighted by Crippen LogP contribution is 2.26. The van der Waals surface area contributed by atoms with E-state index < -0.39 is 17.5 Å². The number of anilines is 2. The van der Waals surface area contributed by atoms with E-state index in [1.54, 1.807) is 31.4 Å². The number of dihydropyridines is 1. The van der Waals surface area contributed by atoms with Crippen LogP contribution in [0.2, 0.25) is 0 Å². The number of halogens is 2. The number of likely N-dealkylation sites (N-methyl/N-ethyl adjacent to an activating group) is 1. The first-order chi connectivity index (χ1) is 18.4. The van der Waals surface area contributed by atoms with Crippen LogP contribution in [0.4, 0.5) is 20.2 Å². The normalized spacial score (nSPS) is 14.3. The zero-order valence-electron chi connectivity index (χ0n) is 20.8. The van der Waals surface area contributed by atoms with Crippen molar-refractivity contribution in [3.8, 4) is 5.75 Å². The third-order valence-corrected chi connectivity index (χ3v) is 5.26. The van der Waals surface area contributed by atoms with Crippen molar-refractivity contribution < 1.29 is 23.1 Å². The van der Waals surface area contributed by atoms with E-state index in [1.165, 1.54) is 53.6 Å². The van der Waals surface area contributed by atoms with Crippen LogP contribution in [0.15, 0.2) is 102 Å². The molecule has 1 heterocycles. The van der Waals surface area contributed by atoms with E-state index in [4.69, 9.17) is 10.1 Å². The number of carbonyl (C=O) groups excluding carboxylic acids is 2. The molecule has 0 aliphatic carbocycles. The lowest BCUT2D eigenvalue weighted by Crippen LogP contribution is -2.21. The van der Waals surface area contributed by atoms with E-state index in [2.05, 4.69) is 16.0 Å². The Labute approximate surface area is 219 Å². The number of hydrogen-bond acceptors (Lipinski definition) is 6. The Morgan fingerprint density at radius 2 is 1.95 bits per heavy atom. The highest BCUT2D eigenvalue weighted by atomic mass is 19.1. The van der Waals surface area contributed by atoms with Gasteiger partial charge in [-0.2, -0.15) is 0 Å². The third kappa shape index (κ3) is 7.26. The zero-order valence-corrected chi connectivity index (χ0v) is 20.8. The number of nitrogens with zero attached hydrogens (tertiary/aromatic N) is 1. The lowest BCUT2D eigenvalue weighted by atomic mass is 10.2. The highest BCUT2D eigenvalue weighted by Gasteiger charge is 2.15. The second-order valence-corrected chi connectivity index (χ2v) is 7.86. The van der Waals surface area contributed by atoms with E-state index in [9.17, 15) is 18.4 Å². The second-order valence-electron chi connectivity index (χ2n) is 7.86. The van der Waals surface area contributed by atoms with Gasteiger partial charge in [-0.25, -0.2) is 8.78 Å². The lowest BCUT2D eigenvalue weighted by molar-refractivity contribution is -0.112. The predicted octanol–water partition coefficient (Wildman–Crippen LogP) is 4.88. The molecular weight excluding hydrogens is 492 g/mol. The van der Waals surface area contributed by atoms with Gasteiger partial charge in [-0.05, 0) is 74.5 Å². The van der Waals surface area contributed by atoms with Crippen molar-refractivity contribution in [2.75, 3.05) is 16.8 Å². The van der Waals surface area contributed by atoms with Crippen molar-refractivity contribution >= 4 is 29.9 Å². The summed E-state index contributed by atoms with van der Waals surface area (Å²) in [5, 5.41) is 15.9. The summed E-state index contributed by atoms with van der Waals surface area (Å²) in [6.07, 6.45) is 11.1. The van der Waals surface area contributed by atoms with Crippen molar-refractivity contribution in [1.82, 2.24) is 10.6 Å². The Balaban J connectivity index is 1.75. The molecule has 0 fully saturated rings. The maximum Gasteiger partial charge on any atom is 0.253 e. The molecule has 0 radical (unpaired) electrons. The molecule has 0 spiro atoms. The zero-order chi connectivity index (χ0) is 27.5. The minimum absolute atomic E-state index is 0.0551. The minimum atomic E-state index is -0.693. The Hall–Kier alpha value is -4.99. The first-order valence-corrected chi connectivity index (χ1v) is 11.6. The number of hydrogen-bond donors (Lipinski definition) is 4. The summed E-state index contributed by atoms with van der Waals surface area (Å²) in [5.74, 6) is -1.33. The molecule has 1 aliphatic heterocycles. The van der Waals surface area contributed by atoms with E-state index >= 15 is 0 Å². The maximum atomic E-state index is 14.8. The fourth-order valence-corrected chi connectivity index (χ4v) is 3.32. The van der Waals surface area contributed by atoms with Gasteiger partial charge in [-0.15, -0.1) is 0 Å². The molecule has 4 N–H and O–H groups in total. The molecule has 1 aliphatic rings.